The number of hydrogen-bond donors (Lipinski definition) is 2. The molecule has 0 rings (SSSR count). The number of ether oxygens (including phenoxy) is 1. The average molecular weight is 146 g/mol. The summed E-state index contributed by atoms with van der Waals surface area (Å²) >= 11 is 3.91. The fraction of sp³-hybridized carbons (Fsp3) is 1.00. The first kappa shape index (κ1) is 9.33. The zero-order valence-electron chi connectivity index (χ0n) is 5.50. The third-order valence-corrected chi connectivity index (χ3v) is 1.02. The monoisotopic (exact) mass is 146 g/mol. The molecule has 1 N–H and O–H groups in total. The first-order valence-electron chi connectivity index (χ1n) is 2.77. The summed E-state index contributed by atoms with van der Waals surface area (Å²) in [5.74, 6) is 0.618. The first-order valence-corrected chi connectivity index (χ1v) is 3.40. The van der Waals surface area contributed by atoms with Crippen molar-refractivity contribution in [3.63, 3.8) is 0 Å². The fourth-order valence-corrected chi connectivity index (χ4v) is 0.416. The Bertz CT molecular complexity index is 77.4. The van der Waals surface area contributed by atoms with Crippen molar-refractivity contribution >= 4 is 20.5 Å². The molecular formula is C5H11BO2S. The molecule has 0 bridgehead atoms. The van der Waals surface area contributed by atoms with E-state index in [2.05, 4.69) is 12.6 Å². The van der Waals surface area contributed by atoms with Crippen LogP contribution in [0.2, 0.25) is 0 Å². The maximum Gasteiger partial charge on any atom is 0.116 e. The summed E-state index contributed by atoms with van der Waals surface area (Å²) in [4.78, 5) is 0. The van der Waals surface area contributed by atoms with E-state index in [9.17, 15) is 0 Å². The van der Waals surface area contributed by atoms with Crippen LogP contribution in [-0.4, -0.2) is 37.4 Å². The van der Waals surface area contributed by atoms with E-state index in [4.69, 9.17) is 17.7 Å². The van der Waals surface area contributed by atoms with Crippen LogP contribution in [0.15, 0.2) is 0 Å². The highest BCUT2D eigenvalue weighted by molar-refractivity contribution is 7.80. The highest BCUT2D eigenvalue weighted by Crippen LogP contribution is 2.01. The molecule has 2 nitrogen and oxygen atoms in total. The molecule has 0 aliphatic carbocycles. The Morgan fingerprint density at radius 3 is 2.67 bits per heavy atom. The highest BCUT2D eigenvalue weighted by atomic mass is 32.1. The van der Waals surface area contributed by atoms with Crippen LogP contribution in [0.5, 0.6) is 0 Å². The van der Waals surface area contributed by atoms with Gasteiger partial charge in [-0.25, -0.2) is 0 Å². The lowest BCUT2D eigenvalue weighted by Crippen LogP contribution is -2.34. The lowest BCUT2D eigenvalue weighted by molar-refractivity contribution is 0.000891. The summed E-state index contributed by atoms with van der Waals surface area (Å²) in [6.45, 7) is 1.92. The smallest absolute Gasteiger partial charge is 0.116 e. The molecule has 0 saturated carbocycles. The minimum atomic E-state index is -0.900. The summed E-state index contributed by atoms with van der Waals surface area (Å²) in [7, 11) is 5.40. The molecule has 0 spiro atoms. The molecule has 0 heterocycles. The largest absolute Gasteiger partial charge is 0.394 e. The SMILES string of the molecule is [B]C(C)(CO)OCCS. The van der Waals surface area contributed by atoms with E-state index >= 15 is 0 Å². The molecule has 0 aromatic carbocycles. The highest BCUT2D eigenvalue weighted by Gasteiger charge is 2.14. The normalized spacial score (nSPS) is 17.2. The molecule has 0 aromatic heterocycles. The summed E-state index contributed by atoms with van der Waals surface area (Å²) in [5, 5.41) is 8.55. The van der Waals surface area contributed by atoms with Crippen molar-refractivity contribution in [2.24, 2.45) is 0 Å². The molecule has 0 saturated heterocycles. The number of hydrogen-bond acceptors (Lipinski definition) is 3. The third-order valence-electron chi connectivity index (χ3n) is 0.837. The molecule has 52 valence electrons. The van der Waals surface area contributed by atoms with Crippen molar-refractivity contribution in [3.05, 3.63) is 0 Å². The van der Waals surface area contributed by atoms with E-state index in [1.54, 1.807) is 6.92 Å². The summed E-state index contributed by atoms with van der Waals surface area (Å²) in [6.07, 6.45) is 0. The molecule has 0 fully saturated rings. The van der Waals surface area contributed by atoms with Gasteiger partial charge in [0.15, 0.2) is 0 Å². The number of rotatable bonds is 4. The number of aliphatic hydroxyl groups is 1. The molecule has 1 atom stereocenters. The molecule has 1 unspecified atom stereocenters. The van der Waals surface area contributed by atoms with Gasteiger partial charge in [-0.3, -0.25) is 0 Å². The van der Waals surface area contributed by atoms with Crippen LogP contribution >= 0.6 is 12.6 Å². The topological polar surface area (TPSA) is 29.5 Å². The van der Waals surface area contributed by atoms with Gasteiger partial charge in [0.2, 0.25) is 0 Å². The van der Waals surface area contributed by atoms with Crippen molar-refractivity contribution in [3.8, 4) is 0 Å². The minimum absolute atomic E-state index is 0.166. The van der Waals surface area contributed by atoms with E-state index < -0.39 is 5.50 Å². The van der Waals surface area contributed by atoms with Crippen molar-refractivity contribution in [2.45, 2.75) is 12.4 Å². The third kappa shape index (κ3) is 4.81. The van der Waals surface area contributed by atoms with E-state index in [0.29, 0.717) is 12.4 Å². The van der Waals surface area contributed by atoms with E-state index in [1.165, 1.54) is 0 Å². The van der Waals surface area contributed by atoms with Crippen molar-refractivity contribution in [1.82, 2.24) is 0 Å². The summed E-state index contributed by atoms with van der Waals surface area (Å²) in [5.41, 5.74) is -0.900. The second kappa shape index (κ2) is 4.20. The number of thiol groups is 1. The van der Waals surface area contributed by atoms with Gasteiger partial charge in [0.25, 0.3) is 0 Å². The molecule has 2 radical (unpaired) electrons. The standard InChI is InChI=1S/C5H11BO2S/c1-5(6,4-7)8-2-3-9/h7,9H,2-4H2,1H3. The first-order chi connectivity index (χ1) is 4.12. The van der Waals surface area contributed by atoms with Crippen molar-refractivity contribution in [2.75, 3.05) is 19.0 Å². The van der Waals surface area contributed by atoms with Gasteiger partial charge >= 0.3 is 0 Å². The Morgan fingerprint density at radius 2 is 2.33 bits per heavy atom. The molecule has 0 aromatic rings. The summed E-state index contributed by atoms with van der Waals surface area (Å²) in [6, 6.07) is 0. The van der Waals surface area contributed by atoms with Crippen LogP contribution in [-0.2, 0) is 4.74 Å². The number of aliphatic hydroxyl groups excluding tert-OH is 1. The van der Waals surface area contributed by atoms with Crippen molar-refractivity contribution < 1.29 is 9.84 Å². The lowest BCUT2D eigenvalue weighted by atomic mass is 9.84. The Balaban J connectivity index is 3.33. The van der Waals surface area contributed by atoms with Crippen LogP contribution in [0.4, 0.5) is 0 Å². The Hall–Kier alpha value is 0.335. The van der Waals surface area contributed by atoms with Crippen LogP contribution in [0.3, 0.4) is 0 Å². The molecule has 4 heteroatoms. The van der Waals surface area contributed by atoms with Crippen LogP contribution < -0.4 is 0 Å². The van der Waals surface area contributed by atoms with Gasteiger partial charge in [-0.05, 0) is 6.92 Å². The van der Waals surface area contributed by atoms with Crippen LogP contribution in [0, 0.1) is 0 Å². The van der Waals surface area contributed by atoms with E-state index in [1.807, 2.05) is 0 Å². The van der Waals surface area contributed by atoms with Gasteiger partial charge in [0.1, 0.15) is 7.85 Å². The van der Waals surface area contributed by atoms with Gasteiger partial charge in [-0.1, -0.05) is 0 Å². The Labute approximate surface area is 62.4 Å². The quantitative estimate of drug-likeness (QED) is 0.425. The Morgan fingerprint density at radius 1 is 1.78 bits per heavy atom. The van der Waals surface area contributed by atoms with Gasteiger partial charge in [-0.15, -0.1) is 0 Å². The fourth-order valence-electron chi connectivity index (χ4n) is 0.324. The Kier molecular flexibility index (Phi) is 4.35. The molecule has 0 aliphatic rings. The second-order valence-electron chi connectivity index (χ2n) is 2.04. The zero-order chi connectivity index (χ0) is 7.33. The predicted molar refractivity (Wildman–Crippen MR) is 41.0 cm³/mol. The summed E-state index contributed by atoms with van der Waals surface area (Å²) < 4.78 is 4.98. The van der Waals surface area contributed by atoms with Gasteiger partial charge in [-0.2, -0.15) is 12.6 Å². The van der Waals surface area contributed by atoms with E-state index in [-0.39, 0.29) is 6.61 Å². The molecular weight excluding hydrogens is 135 g/mol. The maximum atomic E-state index is 8.55. The predicted octanol–water partition coefficient (Wildman–Crippen LogP) is -0.190. The minimum Gasteiger partial charge on any atom is -0.394 e. The molecule has 0 aliphatic heterocycles. The molecule has 0 amide bonds. The van der Waals surface area contributed by atoms with Gasteiger partial charge in [0.05, 0.1) is 13.2 Å². The van der Waals surface area contributed by atoms with Crippen LogP contribution in [0.1, 0.15) is 6.92 Å². The zero-order valence-corrected chi connectivity index (χ0v) is 6.40. The van der Waals surface area contributed by atoms with Crippen LogP contribution in [0.25, 0.3) is 0 Å². The average Bonchev–Trinajstić information content (AvgIpc) is 1.84. The molecule has 9 heavy (non-hydrogen) atoms. The lowest BCUT2D eigenvalue weighted by Gasteiger charge is -2.22. The second-order valence-corrected chi connectivity index (χ2v) is 2.49. The maximum absolute atomic E-state index is 8.55. The van der Waals surface area contributed by atoms with Gasteiger partial charge < -0.3 is 9.84 Å². The van der Waals surface area contributed by atoms with Crippen molar-refractivity contribution in [1.29, 1.82) is 0 Å². The van der Waals surface area contributed by atoms with E-state index in [0.717, 1.165) is 0 Å². The van der Waals surface area contributed by atoms with Gasteiger partial charge in [0, 0.05) is 11.3 Å².